The molecule has 0 bridgehead atoms. The lowest BCUT2D eigenvalue weighted by Gasteiger charge is -2.65. The molecule has 0 aromatic heterocycles. The standard InChI is InChI=1S/C43H74N4O22/c1-19-30(56)32(58)33(59)40(63-19)67-35-29(46-20(2)51)38(62-13-11-9-7-6-8-10-12-27(55)44-4)65-25(18-50)34(35)66-39-31(57)24(14-22(16-48)64-39)68-42(41(60)45-5)15-26(54)43(61)36(47-21(3)52)28(23(53)17-49)37(43)69-42/h19,22-26,28-40,48-50,53-54,56-59,61H,6-18H2,1-5H3,(H,44,55)(H,45,60)(H,46,51)(H,47,52)/t19-,22-,23?,24-,25+,26-,28?,29+,30+,31+,32+,33-,34+,35+,36?,37-,38+,39-,40-,42+,43+/m0/s1. The van der Waals surface area contributed by atoms with Gasteiger partial charge in [-0.1, -0.05) is 25.7 Å². The molecular formula is C43H74N4O22. The minimum Gasteiger partial charge on any atom is -0.394 e. The molecule has 5 rings (SSSR count). The molecule has 0 radical (unpaired) electrons. The molecule has 398 valence electrons. The normalized spacial score (nSPS) is 41.5. The maximum absolute atomic E-state index is 13.8. The molecule has 4 heterocycles. The van der Waals surface area contributed by atoms with Gasteiger partial charge in [0, 0.05) is 59.7 Å². The molecule has 1 aliphatic carbocycles. The number of carbonyl (C=O) groups excluding carboxylic acids is 4. The van der Waals surface area contributed by atoms with E-state index in [1.54, 1.807) is 7.05 Å². The molecule has 5 aliphatic rings. The van der Waals surface area contributed by atoms with E-state index in [4.69, 9.17) is 37.9 Å². The second kappa shape index (κ2) is 25.2. The van der Waals surface area contributed by atoms with Gasteiger partial charge in [-0.3, -0.25) is 19.2 Å². The maximum Gasteiger partial charge on any atom is 0.280 e. The lowest BCUT2D eigenvalue weighted by Crippen LogP contribution is -2.86. The Morgan fingerprint density at radius 3 is 2.00 bits per heavy atom. The predicted octanol–water partition coefficient (Wildman–Crippen LogP) is -6.04. The van der Waals surface area contributed by atoms with Gasteiger partial charge in [0.2, 0.25) is 17.7 Å². The summed E-state index contributed by atoms with van der Waals surface area (Å²) in [6.45, 7) is 1.41. The van der Waals surface area contributed by atoms with Crippen LogP contribution < -0.4 is 21.3 Å². The third kappa shape index (κ3) is 12.9. The third-order valence-corrected chi connectivity index (χ3v) is 13.5. The van der Waals surface area contributed by atoms with Gasteiger partial charge in [-0.2, -0.15) is 0 Å². The van der Waals surface area contributed by atoms with Crippen molar-refractivity contribution in [2.24, 2.45) is 5.92 Å². The van der Waals surface area contributed by atoms with Crippen LogP contribution in [-0.2, 0) is 57.1 Å². The number of ether oxygens (including phenoxy) is 8. The first-order valence-corrected chi connectivity index (χ1v) is 23.6. The van der Waals surface area contributed by atoms with Gasteiger partial charge in [0.15, 0.2) is 18.9 Å². The average molecular weight is 999 g/mol. The monoisotopic (exact) mass is 998 g/mol. The van der Waals surface area contributed by atoms with Gasteiger partial charge in [0.25, 0.3) is 11.7 Å². The van der Waals surface area contributed by atoms with E-state index < -0.39 is 172 Å². The van der Waals surface area contributed by atoms with Crippen molar-refractivity contribution in [3.8, 4) is 0 Å². The van der Waals surface area contributed by atoms with Gasteiger partial charge in [-0.05, 0) is 19.8 Å². The first-order valence-electron chi connectivity index (χ1n) is 23.6. The van der Waals surface area contributed by atoms with Crippen LogP contribution in [0.5, 0.6) is 0 Å². The number of carbonyl (C=O) groups is 4. The van der Waals surface area contributed by atoms with Crippen molar-refractivity contribution in [2.45, 2.75) is 200 Å². The fourth-order valence-electron chi connectivity index (χ4n) is 9.79. The first-order chi connectivity index (χ1) is 32.7. The molecule has 26 heteroatoms. The van der Waals surface area contributed by atoms with Gasteiger partial charge in [-0.25, -0.2) is 0 Å². The summed E-state index contributed by atoms with van der Waals surface area (Å²) in [5, 5.41) is 119. The molecular weight excluding hydrogens is 924 g/mol. The highest BCUT2D eigenvalue weighted by atomic mass is 16.8. The predicted molar refractivity (Wildman–Crippen MR) is 230 cm³/mol. The van der Waals surface area contributed by atoms with Crippen molar-refractivity contribution in [2.75, 3.05) is 40.5 Å². The topological polar surface area (TPSA) is 393 Å². The second-order valence-corrected chi connectivity index (χ2v) is 18.4. The van der Waals surface area contributed by atoms with Crippen LogP contribution in [0.1, 0.15) is 78.6 Å². The Hall–Kier alpha value is -2.84. The summed E-state index contributed by atoms with van der Waals surface area (Å²) in [4.78, 5) is 50.3. The zero-order valence-electron chi connectivity index (χ0n) is 39.5. The van der Waals surface area contributed by atoms with Crippen molar-refractivity contribution >= 4 is 23.6 Å². The van der Waals surface area contributed by atoms with Crippen LogP contribution in [0.25, 0.3) is 0 Å². The smallest absolute Gasteiger partial charge is 0.280 e. The minimum absolute atomic E-state index is 0.0311. The molecule has 3 unspecified atom stereocenters. The van der Waals surface area contributed by atoms with Gasteiger partial charge in [0.05, 0.1) is 56.4 Å². The summed E-state index contributed by atoms with van der Waals surface area (Å²) in [6.07, 6.45) is -21.9. The van der Waals surface area contributed by atoms with E-state index in [2.05, 4.69) is 21.3 Å². The molecule has 1 saturated carbocycles. The van der Waals surface area contributed by atoms with Crippen LogP contribution in [0.2, 0.25) is 0 Å². The summed E-state index contributed by atoms with van der Waals surface area (Å²) in [7, 11) is 2.79. The van der Waals surface area contributed by atoms with Gasteiger partial charge >= 0.3 is 0 Å². The lowest BCUT2D eigenvalue weighted by atomic mass is 9.56. The number of nitrogens with one attached hydrogen (secondary N) is 4. The summed E-state index contributed by atoms with van der Waals surface area (Å²) in [5.41, 5.74) is -2.29. The fraction of sp³-hybridized carbons (Fsp3) is 0.907. The Balaban J connectivity index is 1.42. The molecule has 0 aromatic rings. The Bertz CT molecular complexity index is 1690. The molecule has 4 aliphatic heterocycles. The number of hydrogen-bond acceptors (Lipinski definition) is 22. The molecule has 4 amide bonds. The number of aliphatic hydroxyl groups excluding tert-OH is 9. The highest BCUT2D eigenvalue weighted by Crippen LogP contribution is 2.53. The van der Waals surface area contributed by atoms with Crippen LogP contribution >= 0.6 is 0 Å². The quantitative estimate of drug-likeness (QED) is 0.0424. The Kier molecular flexibility index (Phi) is 20.8. The Morgan fingerprint density at radius 1 is 0.754 bits per heavy atom. The van der Waals surface area contributed by atoms with Crippen molar-refractivity contribution in [3.63, 3.8) is 0 Å². The van der Waals surface area contributed by atoms with Crippen LogP contribution in [-0.4, -0.2) is 237 Å². The van der Waals surface area contributed by atoms with E-state index in [0.29, 0.717) is 12.8 Å². The maximum atomic E-state index is 13.8. The molecule has 0 spiro atoms. The Labute approximate surface area is 399 Å². The number of unbranched alkanes of at least 4 members (excludes halogenated alkanes) is 5. The number of hydrogen-bond donors (Lipinski definition) is 14. The Morgan fingerprint density at radius 2 is 1.39 bits per heavy atom. The number of likely N-dealkylation sites (N-methyl/N-ethyl adjacent to an activating group) is 1. The van der Waals surface area contributed by atoms with E-state index >= 15 is 0 Å². The summed E-state index contributed by atoms with van der Waals surface area (Å²) >= 11 is 0. The molecule has 4 saturated heterocycles. The van der Waals surface area contributed by atoms with E-state index in [-0.39, 0.29) is 18.9 Å². The highest BCUT2D eigenvalue weighted by Gasteiger charge is 2.74. The zero-order valence-corrected chi connectivity index (χ0v) is 39.5. The van der Waals surface area contributed by atoms with Gasteiger partial charge in [0.1, 0.15) is 60.5 Å². The highest BCUT2D eigenvalue weighted by molar-refractivity contribution is 5.84. The molecule has 14 N–H and O–H groups in total. The molecule has 21 atom stereocenters. The van der Waals surface area contributed by atoms with Crippen LogP contribution in [0.3, 0.4) is 0 Å². The second-order valence-electron chi connectivity index (χ2n) is 18.4. The van der Waals surface area contributed by atoms with Crippen LogP contribution in [0, 0.1) is 5.92 Å². The zero-order chi connectivity index (χ0) is 51.0. The van der Waals surface area contributed by atoms with Crippen molar-refractivity contribution in [1.82, 2.24) is 21.3 Å². The van der Waals surface area contributed by atoms with E-state index in [1.165, 1.54) is 20.9 Å². The third-order valence-electron chi connectivity index (χ3n) is 13.5. The molecule has 26 nitrogen and oxygen atoms in total. The van der Waals surface area contributed by atoms with Crippen LogP contribution in [0.4, 0.5) is 0 Å². The average Bonchev–Trinajstić information content (AvgIpc) is 3.32. The summed E-state index contributed by atoms with van der Waals surface area (Å²) < 4.78 is 49.1. The van der Waals surface area contributed by atoms with Gasteiger partial charge < -0.3 is 110 Å². The number of rotatable bonds is 23. The van der Waals surface area contributed by atoms with Crippen LogP contribution in [0.15, 0.2) is 0 Å². The van der Waals surface area contributed by atoms with E-state index in [0.717, 1.165) is 39.0 Å². The number of fused-ring (bicyclic) bond motifs is 1. The van der Waals surface area contributed by atoms with E-state index in [9.17, 15) is 70.2 Å². The number of amides is 4. The van der Waals surface area contributed by atoms with E-state index in [1.807, 2.05) is 0 Å². The van der Waals surface area contributed by atoms with Crippen molar-refractivity contribution in [3.05, 3.63) is 0 Å². The van der Waals surface area contributed by atoms with Gasteiger partial charge in [-0.15, -0.1) is 0 Å². The minimum atomic E-state index is -2.55. The number of aliphatic hydroxyl groups is 10. The first kappa shape index (κ1) is 57.1. The van der Waals surface area contributed by atoms with Crippen molar-refractivity contribution < 1.29 is 108 Å². The molecule has 0 aromatic carbocycles. The SMILES string of the molecule is CNC(=O)CCCCCCCCO[C@@H]1O[C@H](CO)[C@@H](O[C@@H]2O[C@H](CO)C[C@H](O[C@]3(C(=O)NC)C[C@H](O)[C@@]4(O)C(NC(C)=O)C(C(O)CO)[C@@H]4O3)[C@H]2O)[C@H](O[C@@H]2O[C@@H](C)[C@@H](O)[C@@H](O)[C@@H]2O)[C@H]1NC(C)=O. The summed E-state index contributed by atoms with van der Waals surface area (Å²) in [6, 6.07) is -2.68. The summed E-state index contributed by atoms with van der Waals surface area (Å²) in [5.74, 6) is -6.16. The lowest BCUT2D eigenvalue weighted by molar-refractivity contribution is -0.407. The molecule has 69 heavy (non-hydrogen) atoms. The largest absolute Gasteiger partial charge is 0.394 e. The van der Waals surface area contributed by atoms with Crippen molar-refractivity contribution in [1.29, 1.82) is 0 Å². The fourth-order valence-corrected chi connectivity index (χ4v) is 9.79. The molecule has 5 fully saturated rings.